The van der Waals surface area contributed by atoms with E-state index in [0.29, 0.717) is 11.3 Å². The minimum Gasteiger partial charge on any atom is -0.490 e. The second kappa shape index (κ2) is 5.90. The van der Waals surface area contributed by atoms with Gasteiger partial charge in [-0.05, 0) is 54.7 Å². The maximum Gasteiger partial charge on any atom is 0.198 e. The van der Waals surface area contributed by atoms with Gasteiger partial charge >= 0.3 is 0 Å². The van der Waals surface area contributed by atoms with Crippen molar-refractivity contribution in [3.05, 3.63) is 52.9 Å². The minimum atomic E-state index is 0.0428. The van der Waals surface area contributed by atoms with E-state index >= 15 is 0 Å². The van der Waals surface area contributed by atoms with Gasteiger partial charge in [0.15, 0.2) is 5.22 Å². The maximum absolute atomic E-state index is 6.10. The van der Waals surface area contributed by atoms with Crippen molar-refractivity contribution in [3.63, 3.8) is 0 Å². The summed E-state index contributed by atoms with van der Waals surface area (Å²) in [6, 6.07) is 10.1. The summed E-state index contributed by atoms with van der Waals surface area (Å²) in [7, 11) is 0. The summed E-state index contributed by atoms with van der Waals surface area (Å²) < 4.78 is 11.0. The third kappa shape index (κ3) is 3.00. The Kier molecular flexibility index (Phi) is 3.99. The van der Waals surface area contributed by atoms with Crippen molar-refractivity contribution < 1.29 is 9.15 Å². The fourth-order valence-electron chi connectivity index (χ4n) is 2.24. The van der Waals surface area contributed by atoms with Crippen LogP contribution in [0.5, 0.6) is 5.75 Å². The lowest BCUT2D eigenvalue weighted by Gasteiger charge is -2.18. The third-order valence-electron chi connectivity index (χ3n) is 3.41. The van der Waals surface area contributed by atoms with Crippen molar-refractivity contribution in [1.29, 1.82) is 0 Å². The van der Waals surface area contributed by atoms with Crippen LogP contribution in [0.25, 0.3) is 0 Å². The number of halogens is 1. The van der Waals surface area contributed by atoms with Crippen LogP contribution in [0.15, 0.2) is 41.0 Å². The summed E-state index contributed by atoms with van der Waals surface area (Å²) in [6.07, 6.45) is 4.39. The van der Waals surface area contributed by atoms with Crippen molar-refractivity contribution in [2.24, 2.45) is 0 Å². The molecule has 0 amide bonds. The first-order valence-electron chi connectivity index (χ1n) is 7.01. The summed E-state index contributed by atoms with van der Waals surface area (Å²) in [6.45, 7) is 2.93. The minimum absolute atomic E-state index is 0.0428. The van der Waals surface area contributed by atoms with E-state index in [1.165, 1.54) is 12.8 Å². The zero-order chi connectivity index (χ0) is 13.9. The summed E-state index contributed by atoms with van der Waals surface area (Å²) >= 11 is 6.10. The summed E-state index contributed by atoms with van der Waals surface area (Å²) in [4.78, 5) is 0. The van der Waals surface area contributed by atoms with Gasteiger partial charge in [-0.2, -0.15) is 0 Å². The number of ether oxygens (including phenoxy) is 1. The van der Waals surface area contributed by atoms with Gasteiger partial charge in [0.25, 0.3) is 0 Å². The maximum atomic E-state index is 6.10. The summed E-state index contributed by atoms with van der Waals surface area (Å²) in [5.74, 6) is 0.935. The van der Waals surface area contributed by atoms with Gasteiger partial charge in [-0.1, -0.05) is 19.1 Å². The van der Waals surface area contributed by atoms with E-state index in [1.807, 2.05) is 18.2 Å². The highest BCUT2D eigenvalue weighted by atomic mass is 35.5. The van der Waals surface area contributed by atoms with Crippen LogP contribution in [-0.2, 0) is 0 Å². The molecule has 4 heteroatoms. The van der Waals surface area contributed by atoms with Gasteiger partial charge in [-0.3, -0.25) is 0 Å². The van der Waals surface area contributed by atoms with Crippen molar-refractivity contribution in [2.45, 2.75) is 31.9 Å². The van der Waals surface area contributed by atoms with Gasteiger partial charge < -0.3 is 14.5 Å². The van der Waals surface area contributed by atoms with E-state index in [1.54, 1.807) is 6.26 Å². The smallest absolute Gasteiger partial charge is 0.198 e. The Morgan fingerprint density at radius 3 is 2.60 bits per heavy atom. The van der Waals surface area contributed by atoms with E-state index in [0.717, 1.165) is 23.4 Å². The highest BCUT2D eigenvalue weighted by Gasteiger charge is 2.23. The molecule has 1 saturated carbocycles. The summed E-state index contributed by atoms with van der Waals surface area (Å²) in [5, 5.41) is 3.87. The molecule has 20 heavy (non-hydrogen) atoms. The fourth-order valence-corrected chi connectivity index (χ4v) is 2.46. The molecule has 1 unspecified atom stereocenters. The molecule has 1 aromatic carbocycles. The molecule has 106 valence electrons. The largest absolute Gasteiger partial charge is 0.490 e. The zero-order valence-electron chi connectivity index (χ0n) is 11.4. The van der Waals surface area contributed by atoms with Crippen molar-refractivity contribution in [2.75, 3.05) is 6.54 Å². The lowest BCUT2D eigenvalue weighted by molar-refractivity contribution is 0.303. The quantitative estimate of drug-likeness (QED) is 0.867. The molecule has 1 N–H and O–H groups in total. The number of rotatable bonds is 6. The van der Waals surface area contributed by atoms with Gasteiger partial charge in [0.1, 0.15) is 5.75 Å². The highest BCUT2D eigenvalue weighted by Crippen LogP contribution is 2.31. The molecule has 1 atom stereocenters. The predicted molar refractivity (Wildman–Crippen MR) is 79.3 cm³/mol. The van der Waals surface area contributed by atoms with Crippen LogP contribution in [0, 0.1) is 0 Å². The third-order valence-corrected chi connectivity index (χ3v) is 3.71. The molecule has 1 aromatic heterocycles. The lowest BCUT2D eigenvalue weighted by Crippen LogP contribution is -2.21. The molecule has 0 radical (unpaired) electrons. The molecule has 1 aliphatic rings. The standard InChI is InChI=1S/C16H18ClNO2/c1-2-18-15(14-9-10-19-16(14)17)11-3-5-12(6-4-11)20-13-7-8-13/h3-6,9-10,13,15,18H,2,7-8H2,1H3. The van der Waals surface area contributed by atoms with Gasteiger partial charge in [0.05, 0.1) is 18.4 Å². The SMILES string of the molecule is CCNC(c1ccc(OC2CC2)cc1)c1ccoc1Cl. The van der Waals surface area contributed by atoms with Crippen LogP contribution < -0.4 is 10.1 Å². The van der Waals surface area contributed by atoms with Crippen molar-refractivity contribution in [3.8, 4) is 5.75 Å². The Labute approximate surface area is 123 Å². The highest BCUT2D eigenvalue weighted by molar-refractivity contribution is 6.29. The average Bonchev–Trinajstić information content (AvgIpc) is 3.17. The average molecular weight is 292 g/mol. The van der Waals surface area contributed by atoms with E-state index < -0.39 is 0 Å². The van der Waals surface area contributed by atoms with Crippen LogP contribution in [0.1, 0.15) is 36.9 Å². The van der Waals surface area contributed by atoms with Crippen LogP contribution in [-0.4, -0.2) is 12.6 Å². The Bertz CT molecular complexity index is 560. The van der Waals surface area contributed by atoms with Crippen LogP contribution in [0.4, 0.5) is 0 Å². The normalized spacial score (nSPS) is 16.1. The first-order chi connectivity index (χ1) is 9.78. The Morgan fingerprint density at radius 1 is 1.30 bits per heavy atom. The second-order valence-corrected chi connectivity index (χ2v) is 5.37. The van der Waals surface area contributed by atoms with E-state index in [-0.39, 0.29) is 6.04 Å². The van der Waals surface area contributed by atoms with Gasteiger partial charge in [-0.15, -0.1) is 0 Å². The Hall–Kier alpha value is -1.45. The molecule has 0 bridgehead atoms. The van der Waals surface area contributed by atoms with Crippen LogP contribution in [0.2, 0.25) is 5.22 Å². The molecule has 3 nitrogen and oxygen atoms in total. The molecular weight excluding hydrogens is 274 g/mol. The molecule has 1 aliphatic carbocycles. The molecule has 1 heterocycles. The first kappa shape index (κ1) is 13.5. The molecule has 0 saturated heterocycles. The summed E-state index contributed by atoms with van der Waals surface area (Å²) in [5.41, 5.74) is 2.11. The zero-order valence-corrected chi connectivity index (χ0v) is 12.2. The number of nitrogens with one attached hydrogen (secondary N) is 1. The molecule has 2 aromatic rings. The fraction of sp³-hybridized carbons (Fsp3) is 0.375. The number of hydrogen-bond acceptors (Lipinski definition) is 3. The number of hydrogen-bond donors (Lipinski definition) is 1. The van der Waals surface area contributed by atoms with Gasteiger partial charge in [0, 0.05) is 5.56 Å². The second-order valence-electron chi connectivity index (χ2n) is 5.03. The van der Waals surface area contributed by atoms with Crippen molar-refractivity contribution >= 4 is 11.6 Å². The van der Waals surface area contributed by atoms with Crippen LogP contribution in [0.3, 0.4) is 0 Å². The molecule has 0 spiro atoms. The molecule has 0 aliphatic heterocycles. The van der Waals surface area contributed by atoms with E-state index in [4.69, 9.17) is 20.8 Å². The number of benzene rings is 1. The van der Waals surface area contributed by atoms with E-state index in [9.17, 15) is 0 Å². The topological polar surface area (TPSA) is 34.4 Å². The van der Waals surface area contributed by atoms with Crippen molar-refractivity contribution in [1.82, 2.24) is 5.32 Å². The predicted octanol–water partition coefficient (Wildman–Crippen LogP) is 4.17. The first-order valence-corrected chi connectivity index (χ1v) is 7.38. The van der Waals surface area contributed by atoms with E-state index in [2.05, 4.69) is 24.4 Å². The van der Waals surface area contributed by atoms with Crippen LogP contribution >= 0.6 is 11.6 Å². The number of furan rings is 1. The van der Waals surface area contributed by atoms with Gasteiger partial charge in [-0.25, -0.2) is 0 Å². The molecule has 3 rings (SSSR count). The Balaban J connectivity index is 1.81. The van der Waals surface area contributed by atoms with Gasteiger partial charge in [0.2, 0.25) is 0 Å². The monoisotopic (exact) mass is 291 g/mol. The molecule has 1 fully saturated rings. The Morgan fingerprint density at radius 2 is 2.05 bits per heavy atom. The molecular formula is C16H18ClNO2. The lowest BCUT2D eigenvalue weighted by atomic mass is 10.0.